The first-order chi connectivity index (χ1) is 11.1. The molecular formula is C17H15NO4S. The number of carbonyl (C=O) groups is 2. The maximum atomic E-state index is 12.4. The topological polar surface area (TPSA) is 66.8 Å². The van der Waals surface area contributed by atoms with Crippen LogP contribution in [-0.4, -0.2) is 35.9 Å². The molecule has 0 aromatic heterocycles. The summed E-state index contributed by atoms with van der Waals surface area (Å²) in [5.41, 5.74) is 1.06. The van der Waals surface area contributed by atoms with Gasteiger partial charge in [0.2, 0.25) is 0 Å². The molecule has 0 radical (unpaired) electrons. The maximum absolute atomic E-state index is 12.4. The van der Waals surface area contributed by atoms with Gasteiger partial charge < -0.3 is 14.7 Å². The van der Waals surface area contributed by atoms with Crippen molar-refractivity contribution in [3.05, 3.63) is 54.1 Å². The number of anilines is 1. The van der Waals surface area contributed by atoms with Gasteiger partial charge in [0.1, 0.15) is 5.75 Å². The van der Waals surface area contributed by atoms with E-state index < -0.39 is 5.97 Å². The molecule has 6 heteroatoms. The molecular weight excluding hydrogens is 314 g/mol. The minimum atomic E-state index is -0.631. The predicted octanol–water partition coefficient (Wildman–Crippen LogP) is 2.69. The van der Waals surface area contributed by atoms with Gasteiger partial charge in [-0.25, -0.2) is 4.79 Å². The number of phenols is 1. The molecule has 1 aliphatic rings. The van der Waals surface area contributed by atoms with Crippen molar-refractivity contribution < 1.29 is 19.4 Å². The van der Waals surface area contributed by atoms with Gasteiger partial charge in [-0.15, -0.1) is 11.8 Å². The van der Waals surface area contributed by atoms with Crippen molar-refractivity contribution in [2.45, 2.75) is 4.90 Å². The summed E-state index contributed by atoms with van der Waals surface area (Å²) in [4.78, 5) is 27.0. The summed E-state index contributed by atoms with van der Waals surface area (Å²) in [6.45, 7) is 0.262. The Morgan fingerprint density at radius 1 is 1.17 bits per heavy atom. The van der Waals surface area contributed by atoms with Crippen molar-refractivity contribution in [3.8, 4) is 5.75 Å². The highest BCUT2D eigenvalue weighted by atomic mass is 32.2. The van der Waals surface area contributed by atoms with Crippen molar-refractivity contribution in [1.82, 2.24) is 0 Å². The molecule has 118 valence electrons. The summed E-state index contributed by atoms with van der Waals surface area (Å²) in [6.07, 6.45) is 0. The first-order valence-corrected chi connectivity index (χ1v) is 8.12. The molecule has 1 aliphatic heterocycles. The van der Waals surface area contributed by atoms with Crippen LogP contribution >= 0.6 is 11.8 Å². The van der Waals surface area contributed by atoms with E-state index in [0.29, 0.717) is 6.54 Å². The Morgan fingerprint density at radius 3 is 2.83 bits per heavy atom. The van der Waals surface area contributed by atoms with Crippen LogP contribution in [0.4, 0.5) is 5.69 Å². The number of nitrogens with zero attached hydrogens (tertiary/aromatic N) is 1. The van der Waals surface area contributed by atoms with E-state index in [9.17, 15) is 14.7 Å². The number of fused-ring (bicyclic) bond motifs is 1. The number of amides is 1. The number of phenolic OH excluding ortho intramolecular Hbond substituents is 1. The zero-order chi connectivity index (χ0) is 16.2. The number of thioether (sulfide) groups is 1. The number of hydrogen-bond acceptors (Lipinski definition) is 5. The number of benzene rings is 2. The minimum Gasteiger partial charge on any atom is -0.508 e. The molecule has 0 bridgehead atoms. The van der Waals surface area contributed by atoms with E-state index in [4.69, 9.17) is 4.74 Å². The molecule has 23 heavy (non-hydrogen) atoms. The zero-order valence-corrected chi connectivity index (χ0v) is 13.1. The van der Waals surface area contributed by atoms with Crippen LogP contribution in [0.15, 0.2) is 53.4 Å². The Kier molecular flexibility index (Phi) is 4.52. The third kappa shape index (κ3) is 3.48. The summed E-state index contributed by atoms with van der Waals surface area (Å²) >= 11 is 1.70. The lowest BCUT2D eigenvalue weighted by Gasteiger charge is -2.28. The minimum absolute atomic E-state index is 0.0206. The third-order valence-electron chi connectivity index (χ3n) is 3.44. The smallest absolute Gasteiger partial charge is 0.338 e. The molecule has 2 aromatic rings. The predicted molar refractivity (Wildman–Crippen MR) is 87.9 cm³/mol. The van der Waals surface area contributed by atoms with Gasteiger partial charge in [-0.1, -0.05) is 18.2 Å². The monoisotopic (exact) mass is 329 g/mol. The van der Waals surface area contributed by atoms with Crippen LogP contribution in [-0.2, 0) is 9.53 Å². The average molecular weight is 329 g/mol. The second-order valence-corrected chi connectivity index (χ2v) is 6.12. The number of para-hydroxylation sites is 1. The van der Waals surface area contributed by atoms with E-state index in [-0.39, 0.29) is 23.8 Å². The molecule has 0 saturated heterocycles. The Morgan fingerprint density at radius 2 is 2.00 bits per heavy atom. The summed E-state index contributed by atoms with van der Waals surface area (Å²) in [5, 5.41) is 9.37. The summed E-state index contributed by atoms with van der Waals surface area (Å²) in [6, 6.07) is 13.5. The standard InChI is InChI=1S/C17H15NO4S/c19-13-5-3-4-12(10-13)17(21)22-11-16(20)18-8-9-23-15-7-2-1-6-14(15)18/h1-7,10,19H,8-9,11H2. The van der Waals surface area contributed by atoms with Gasteiger partial charge in [0.15, 0.2) is 6.61 Å². The van der Waals surface area contributed by atoms with Crippen LogP contribution in [0.25, 0.3) is 0 Å². The molecule has 2 aromatic carbocycles. The van der Waals surface area contributed by atoms with Crippen LogP contribution in [0.1, 0.15) is 10.4 Å². The van der Waals surface area contributed by atoms with Gasteiger partial charge in [-0.2, -0.15) is 0 Å². The van der Waals surface area contributed by atoms with Crippen LogP contribution in [0.3, 0.4) is 0 Å². The lowest BCUT2D eigenvalue weighted by Crippen LogP contribution is -2.38. The fourth-order valence-electron chi connectivity index (χ4n) is 2.35. The highest BCUT2D eigenvalue weighted by molar-refractivity contribution is 7.99. The molecule has 0 unspecified atom stereocenters. The number of carbonyl (C=O) groups excluding carboxylic acids is 2. The Balaban J connectivity index is 1.65. The third-order valence-corrected chi connectivity index (χ3v) is 4.48. The number of ether oxygens (including phenoxy) is 1. The maximum Gasteiger partial charge on any atom is 0.338 e. The van der Waals surface area contributed by atoms with E-state index in [1.54, 1.807) is 22.7 Å². The van der Waals surface area contributed by atoms with Gasteiger partial charge in [0.05, 0.1) is 11.3 Å². The lowest BCUT2D eigenvalue weighted by atomic mass is 10.2. The Bertz CT molecular complexity index is 747. The fourth-order valence-corrected chi connectivity index (χ4v) is 3.34. The van der Waals surface area contributed by atoms with E-state index >= 15 is 0 Å². The number of esters is 1. The van der Waals surface area contributed by atoms with Gasteiger partial charge in [-0.05, 0) is 30.3 Å². The molecule has 1 amide bonds. The fraction of sp³-hybridized carbons (Fsp3) is 0.176. The number of aromatic hydroxyl groups is 1. The normalized spacial score (nSPS) is 13.3. The van der Waals surface area contributed by atoms with Crippen LogP contribution < -0.4 is 4.90 Å². The zero-order valence-electron chi connectivity index (χ0n) is 12.3. The van der Waals surface area contributed by atoms with E-state index in [1.807, 2.05) is 24.3 Å². The molecule has 0 atom stereocenters. The van der Waals surface area contributed by atoms with Crippen molar-refractivity contribution in [2.75, 3.05) is 23.8 Å². The first kappa shape index (κ1) is 15.4. The van der Waals surface area contributed by atoms with Crippen LogP contribution in [0.2, 0.25) is 0 Å². The molecule has 5 nitrogen and oxygen atoms in total. The second kappa shape index (κ2) is 6.75. The Hall–Kier alpha value is -2.47. The van der Waals surface area contributed by atoms with E-state index in [1.165, 1.54) is 18.2 Å². The summed E-state index contributed by atoms with van der Waals surface area (Å²) in [5.74, 6) is -0.101. The van der Waals surface area contributed by atoms with Gasteiger partial charge in [0, 0.05) is 17.2 Å². The first-order valence-electron chi connectivity index (χ1n) is 7.13. The highest BCUT2D eigenvalue weighted by Crippen LogP contribution is 2.34. The summed E-state index contributed by atoms with van der Waals surface area (Å²) < 4.78 is 5.07. The summed E-state index contributed by atoms with van der Waals surface area (Å²) in [7, 11) is 0. The van der Waals surface area contributed by atoms with Crippen molar-refractivity contribution in [1.29, 1.82) is 0 Å². The van der Waals surface area contributed by atoms with Crippen molar-refractivity contribution >= 4 is 29.3 Å². The van der Waals surface area contributed by atoms with Crippen LogP contribution in [0.5, 0.6) is 5.75 Å². The number of hydrogen-bond donors (Lipinski definition) is 1. The molecule has 1 N–H and O–H groups in total. The quantitative estimate of drug-likeness (QED) is 0.877. The molecule has 3 rings (SSSR count). The molecule has 0 spiro atoms. The molecule has 0 aliphatic carbocycles. The second-order valence-electron chi connectivity index (χ2n) is 4.99. The van der Waals surface area contributed by atoms with E-state index in [0.717, 1.165) is 16.3 Å². The molecule has 1 heterocycles. The number of rotatable bonds is 3. The Labute approximate surface area is 137 Å². The van der Waals surface area contributed by atoms with Crippen molar-refractivity contribution in [3.63, 3.8) is 0 Å². The van der Waals surface area contributed by atoms with Crippen molar-refractivity contribution in [2.24, 2.45) is 0 Å². The highest BCUT2D eigenvalue weighted by Gasteiger charge is 2.23. The molecule has 0 fully saturated rings. The van der Waals surface area contributed by atoms with Gasteiger partial charge in [-0.3, -0.25) is 4.79 Å². The van der Waals surface area contributed by atoms with E-state index in [2.05, 4.69) is 0 Å². The van der Waals surface area contributed by atoms with Crippen LogP contribution in [0, 0.1) is 0 Å². The molecule has 0 saturated carbocycles. The van der Waals surface area contributed by atoms with Gasteiger partial charge in [0.25, 0.3) is 5.91 Å². The lowest BCUT2D eigenvalue weighted by molar-refractivity contribution is -0.121. The SMILES string of the molecule is O=C(OCC(=O)N1CCSc2ccccc21)c1cccc(O)c1. The average Bonchev–Trinajstić information content (AvgIpc) is 2.59. The van der Waals surface area contributed by atoms with Gasteiger partial charge >= 0.3 is 5.97 Å². The largest absolute Gasteiger partial charge is 0.508 e.